The van der Waals surface area contributed by atoms with Gasteiger partial charge in [-0.3, -0.25) is 4.79 Å². The van der Waals surface area contributed by atoms with E-state index in [1.165, 1.54) is 24.3 Å². The van der Waals surface area contributed by atoms with Gasteiger partial charge in [0.1, 0.15) is 11.5 Å². The van der Waals surface area contributed by atoms with Crippen LogP contribution < -0.4 is 9.47 Å². The number of hydrogen-bond donors (Lipinski definition) is 0. The van der Waals surface area contributed by atoms with Crippen molar-refractivity contribution < 1.29 is 27.4 Å². The largest absolute Gasteiger partial charge is 0.573 e. The Balaban J connectivity index is 1.74. The average Bonchev–Trinajstić information content (AvgIpc) is 2.91. The monoisotopic (exact) mass is 422 g/mol. The van der Waals surface area contributed by atoms with Crippen LogP contribution in [0, 0.1) is 5.92 Å². The molecule has 0 unspecified atom stereocenters. The normalized spacial score (nSPS) is 14.2. The molecule has 0 aliphatic heterocycles. The second kappa shape index (κ2) is 11.6. The minimum Gasteiger partial charge on any atom is -0.493 e. The summed E-state index contributed by atoms with van der Waals surface area (Å²) in [5.74, 6) is 1.04. The first-order valence-corrected chi connectivity index (χ1v) is 10.3. The number of ketones is 1. The van der Waals surface area contributed by atoms with Gasteiger partial charge in [-0.25, -0.2) is 0 Å². The first kappa shape index (κ1) is 23.8. The van der Waals surface area contributed by atoms with Crippen LogP contribution in [0.25, 0.3) is 0 Å². The number of halogens is 3. The average molecular weight is 422 g/mol. The van der Waals surface area contributed by atoms with Gasteiger partial charge in [-0.15, -0.1) is 13.2 Å². The molecular weight excluding hydrogens is 393 g/mol. The van der Waals surface area contributed by atoms with Gasteiger partial charge >= 0.3 is 6.36 Å². The van der Waals surface area contributed by atoms with Crippen molar-refractivity contribution in [3.05, 3.63) is 59.7 Å². The van der Waals surface area contributed by atoms with Gasteiger partial charge in [0.2, 0.25) is 0 Å². The number of benzene rings is 1. The number of allylic oxidation sites excluding steroid dienone is 5. The van der Waals surface area contributed by atoms with Gasteiger partial charge in [-0.05, 0) is 48.6 Å². The fraction of sp³-hybridized carbons (Fsp3) is 0.458. The van der Waals surface area contributed by atoms with Crippen molar-refractivity contribution in [1.29, 1.82) is 0 Å². The fourth-order valence-corrected chi connectivity index (χ4v) is 3.07. The van der Waals surface area contributed by atoms with E-state index in [1.807, 2.05) is 18.2 Å². The van der Waals surface area contributed by atoms with E-state index in [9.17, 15) is 18.0 Å². The maximum atomic E-state index is 12.4. The van der Waals surface area contributed by atoms with Gasteiger partial charge < -0.3 is 9.47 Å². The lowest BCUT2D eigenvalue weighted by Gasteiger charge is -2.10. The molecule has 0 atom stereocenters. The second-order valence-electron chi connectivity index (χ2n) is 7.69. The molecule has 0 saturated heterocycles. The third-order valence-electron chi connectivity index (χ3n) is 4.67. The Kier molecular flexibility index (Phi) is 9.21. The zero-order valence-corrected chi connectivity index (χ0v) is 17.5. The lowest BCUT2D eigenvalue weighted by atomic mass is 10.0. The molecule has 0 radical (unpaired) electrons. The van der Waals surface area contributed by atoms with Crippen LogP contribution in [0.5, 0.6) is 11.5 Å². The van der Waals surface area contributed by atoms with Crippen LogP contribution in [-0.4, -0.2) is 18.8 Å². The molecule has 1 aliphatic rings. The fourth-order valence-electron chi connectivity index (χ4n) is 3.07. The van der Waals surface area contributed by atoms with Gasteiger partial charge in [-0.2, -0.15) is 0 Å². The van der Waals surface area contributed by atoms with Crippen LogP contribution in [-0.2, 0) is 4.79 Å². The number of ether oxygens (including phenoxy) is 2. The second-order valence-corrected chi connectivity index (χ2v) is 7.69. The predicted octanol–water partition coefficient (Wildman–Crippen LogP) is 6.95. The maximum Gasteiger partial charge on any atom is 0.573 e. The summed E-state index contributed by atoms with van der Waals surface area (Å²) >= 11 is 0. The van der Waals surface area contributed by atoms with Crippen LogP contribution in [0.15, 0.2) is 59.7 Å². The lowest BCUT2D eigenvalue weighted by molar-refractivity contribution is -0.274. The maximum absolute atomic E-state index is 12.4. The summed E-state index contributed by atoms with van der Waals surface area (Å²) < 4.78 is 46.0. The Bertz CT molecular complexity index is 772. The highest BCUT2D eigenvalue weighted by Crippen LogP contribution is 2.25. The molecule has 0 N–H and O–H groups in total. The zero-order chi connectivity index (χ0) is 22.0. The Morgan fingerprint density at radius 1 is 1.03 bits per heavy atom. The summed E-state index contributed by atoms with van der Waals surface area (Å²) in [7, 11) is 0. The SMILES string of the molecule is CC(C)CCCCC(=O)C1=CCC=C(CCOc2ccc(OC(F)(F)F)cc2)C=C1. The molecule has 6 heteroatoms. The highest BCUT2D eigenvalue weighted by atomic mass is 19.4. The summed E-state index contributed by atoms with van der Waals surface area (Å²) in [5, 5.41) is 0. The van der Waals surface area contributed by atoms with E-state index < -0.39 is 6.36 Å². The molecule has 0 fully saturated rings. The molecule has 3 nitrogen and oxygen atoms in total. The van der Waals surface area contributed by atoms with Gasteiger partial charge in [-0.1, -0.05) is 51.0 Å². The first-order valence-electron chi connectivity index (χ1n) is 10.3. The standard InChI is InChI=1S/C24H29F3O3/c1-18(2)6-3-4-9-23(28)20-8-5-7-19(10-11-20)16-17-29-21-12-14-22(15-13-21)30-24(25,26)27/h7-8,10-15,18H,3-6,9,16-17H2,1-2H3. The summed E-state index contributed by atoms with van der Waals surface area (Å²) in [6.45, 7) is 4.76. The van der Waals surface area contributed by atoms with E-state index >= 15 is 0 Å². The lowest BCUT2D eigenvalue weighted by Crippen LogP contribution is -2.16. The van der Waals surface area contributed by atoms with Crippen LogP contribution in [0.3, 0.4) is 0 Å². The third-order valence-corrected chi connectivity index (χ3v) is 4.67. The third kappa shape index (κ3) is 9.33. The van der Waals surface area contributed by atoms with Gasteiger partial charge in [0.15, 0.2) is 5.78 Å². The van der Waals surface area contributed by atoms with Gasteiger partial charge in [0.05, 0.1) is 6.61 Å². The Morgan fingerprint density at radius 3 is 2.40 bits per heavy atom. The molecule has 1 aromatic rings. The van der Waals surface area contributed by atoms with E-state index in [-0.39, 0.29) is 11.5 Å². The molecule has 1 aromatic carbocycles. The molecule has 0 aromatic heterocycles. The van der Waals surface area contributed by atoms with E-state index in [0.717, 1.165) is 30.4 Å². The minimum absolute atomic E-state index is 0.182. The smallest absolute Gasteiger partial charge is 0.493 e. The molecule has 0 bridgehead atoms. The molecule has 0 amide bonds. The van der Waals surface area contributed by atoms with Crippen molar-refractivity contribution in [2.24, 2.45) is 5.92 Å². The van der Waals surface area contributed by atoms with Crippen molar-refractivity contribution in [1.82, 2.24) is 0 Å². The van der Waals surface area contributed by atoms with Crippen molar-refractivity contribution in [2.75, 3.05) is 6.61 Å². The highest BCUT2D eigenvalue weighted by molar-refractivity contribution is 5.98. The molecule has 1 aliphatic carbocycles. The van der Waals surface area contributed by atoms with Crippen molar-refractivity contribution in [2.45, 2.75) is 58.7 Å². The Hall–Kier alpha value is -2.50. The number of unbranched alkanes of at least 4 members (excludes halogenated alkanes) is 1. The summed E-state index contributed by atoms with van der Waals surface area (Å²) in [4.78, 5) is 12.4. The number of Topliss-reactive ketones (excluding diaryl/α,β-unsaturated/α-hetero) is 1. The molecular formula is C24H29F3O3. The van der Waals surface area contributed by atoms with Crippen LogP contribution in [0.4, 0.5) is 13.2 Å². The van der Waals surface area contributed by atoms with Crippen molar-refractivity contribution in [3.8, 4) is 11.5 Å². The van der Waals surface area contributed by atoms with E-state index in [0.29, 0.717) is 37.5 Å². The summed E-state index contributed by atoms with van der Waals surface area (Å²) in [6.07, 6.45) is 8.16. The minimum atomic E-state index is -4.71. The van der Waals surface area contributed by atoms with E-state index in [2.05, 4.69) is 24.7 Å². The Morgan fingerprint density at radius 2 is 1.73 bits per heavy atom. The van der Waals surface area contributed by atoms with E-state index in [1.54, 1.807) is 0 Å². The number of hydrogen-bond acceptors (Lipinski definition) is 3. The van der Waals surface area contributed by atoms with E-state index in [4.69, 9.17) is 4.74 Å². The molecule has 2 rings (SSSR count). The molecule has 0 spiro atoms. The van der Waals surface area contributed by atoms with Crippen LogP contribution >= 0.6 is 0 Å². The highest BCUT2D eigenvalue weighted by Gasteiger charge is 2.30. The zero-order valence-electron chi connectivity index (χ0n) is 17.5. The molecule has 0 heterocycles. The van der Waals surface area contributed by atoms with Crippen molar-refractivity contribution in [3.63, 3.8) is 0 Å². The Labute approximate surface area is 176 Å². The molecule has 0 saturated carbocycles. The molecule has 30 heavy (non-hydrogen) atoms. The van der Waals surface area contributed by atoms with Crippen LogP contribution in [0.2, 0.25) is 0 Å². The predicted molar refractivity (Wildman–Crippen MR) is 111 cm³/mol. The summed E-state index contributed by atoms with van der Waals surface area (Å²) in [5.41, 5.74) is 1.82. The topological polar surface area (TPSA) is 35.5 Å². The molecule has 164 valence electrons. The van der Waals surface area contributed by atoms with Crippen molar-refractivity contribution >= 4 is 5.78 Å². The number of rotatable bonds is 11. The summed E-state index contributed by atoms with van der Waals surface area (Å²) in [6, 6.07) is 5.32. The number of alkyl halides is 3. The number of carbonyl (C=O) groups is 1. The van der Waals surface area contributed by atoms with Gasteiger partial charge in [0, 0.05) is 18.4 Å². The van der Waals surface area contributed by atoms with Crippen LogP contribution in [0.1, 0.15) is 52.4 Å². The quantitative estimate of drug-likeness (QED) is 0.362. The van der Waals surface area contributed by atoms with Gasteiger partial charge in [0.25, 0.3) is 0 Å². The first-order chi connectivity index (χ1) is 14.2. The number of carbonyl (C=O) groups excluding carboxylic acids is 1.